The number of nitrogens with one attached hydrogen (secondary N) is 1. The smallest absolute Gasteiger partial charge is 0.252 e. The molecule has 3 aromatic rings. The van der Waals surface area contributed by atoms with Crippen molar-refractivity contribution < 1.29 is 13.5 Å². The highest BCUT2D eigenvalue weighted by molar-refractivity contribution is 5.83. The van der Waals surface area contributed by atoms with Crippen molar-refractivity contribution >= 4 is 11.4 Å². The second-order valence-electron chi connectivity index (χ2n) is 6.01. The summed E-state index contributed by atoms with van der Waals surface area (Å²) in [5.74, 6) is -1.29. The topological polar surface area (TPSA) is 69.3 Å². The van der Waals surface area contributed by atoms with Gasteiger partial charge < -0.3 is 20.4 Å². The third-order valence-corrected chi connectivity index (χ3v) is 4.00. The summed E-state index contributed by atoms with van der Waals surface area (Å²) in [6.07, 6.45) is 1.66. The molecule has 0 amide bonds. The lowest BCUT2D eigenvalue weighted by molar-refractivity contribution is 0.439. The number of halogens is 2. The van der Waals surface area contributed by atoms with E-state index >= 15 is 0 Å². The van der Waals surface area contributed by atoms with Crippen LogP contribution in [0, 0.1) is 11.6 Å². The zero-order valence-corrected chi connectivity index (χ0v) is 14.9. The van der Waals surface area contributed by atoms with Gasteiger partial charge in [0.15, 0.2) is 11.6 Å². The largest absolute Gasteiger partial charge is 0.454 e. The van der Waals surface area contributed by atoms with E-state index in [9.17, 15) is 13.6 Å². The molecule has 27 heavy (non-hydrogen) atoms. The quantitative estimate of drug-likeness (QED) is 0.662. The Labute approximate surface area is 155 Å². The van der Waals surface area contributed by atoms with Crippen molar-refractivity contribution in [1.82, 2.24) is 4.57 Å². The highest BCUT2D eigenvalue weighted by Gasteiger charge is 2.15. The Balaban J connectivity index is 2.15. The predicted molar refractivity (Wildman–Crippen MR) is 102 cm³/mol. The van der Waals surface area contributed by atoms with Gasteiger partial charge in [0, 0.05) is 54.4 Å². The maximum absolute atomic E-state index is 14.0. The van der Waals surface area contributed by atoms with Crippen molar-refractivity contribution in [2.24, 2.45) is 7.05 Å². The Morgan fingerprint density at radius 1 is 1.07 bits per heavy atom. The molecule has 0 saturated heterocycles. The van der Waals surface area contributed by atoms with E-state index in [0.29, 0.717) is 34.8 Å². The van der Waals surface area contributed by atoms with Gasteiger partial charge >= 0.3 is 0 Å². The highest BCUT2D eigenvalue weighted by Crippen LogP contribution is 2.38. The number of nitrogens with zero attached hydrogens (tertiary/aromatic N) is 1. The van der Waals surface area contributed by atoms with Gasteiger partial charge in [0.1, 0.15) is 11.6 Å². The molecule has 0 bridgehead atoms. The normalized spacial score (nSPS) is 10.7. The van der Waals surface area contributed by atoms with E-state index in [-0.39, 0.29) is 11.3 Å². The van der Waals surface area contributed by atoms with Crippen molar-refractivity contribution in [1.29, 1.82) is 0 Å². The number of hydrogen-bond acceptors (Lipinski definition) is 4. The Bertz CT molecular complexity index is 1050. The first-order valence-electron chi connectivity index (χ1n) is 8.36. The van der Waals surface area contributed by atoms with Crippen LogP contribution in [0.15, 0.2) is 53.5 Å². The summed E-state index contributed by atoms with van der Waals surface area (Å²) in [5, 5.41) is 3.14. The minimum Gasteiger partial charge on any atom is -0.454 e. The SMILES string of the molecule is CCNc1cc(=O)n(C)cc1-c1cc(N)ccc1Oc1ccc(F)cc1F. The minimum atomic E-state index is -0.815. The molecule has 0 radical (unpaired) electrons. The summed E-state index contributed by atoms with van der Waals surface area (Å²) >= 11 is 0. The molecule has 0 spiro atoms. The van der Waals surface area contributed by atoms with E-state index in [1.165, 1.54) is 16.7 Å². The van der Waals surface area contributed by atoms with Crippen molar-refractivity contribution in [2.75, 3.05) is 17.6 Å². The summed E-state index contributed by atoms with van der Waals surface area (Å²) in [4.78, 5) is 12.0. The third-order valence-electron chi connectivity index (χ3n) is 4.00. The number of benzene rings is 2. The van der Waals surface area contributed by atoms with Gasteiger partial charge in [-0.3, -0.25) is 4.79 Å². The second kappa shape index (κ2) is 7.49. The molecule has 3 rings (SSSR count). The summed E-state index contributed by atoms with van der Waals surface area (Å²) in [5.41, 5.74) is 8.09. The second-order valence-corrected chi connectivity index (χ2v) is 6.01. The van der Waals surface area contributed by atoms with Gasteiger partial charge in [0.05, 0.1) is 0 Å². The van der Waals surface area contributed by atoms with Crippen molar-refractivity contribution in [3.05, 3.63) is 70.6 Å². The fourth-order valence-electron chi connectivity index (χ4n) is 2.70. The van der Waals surface area contributed by atoms with Crippen LogP contribution < -0.4 is 21.3 Å². The van der Waals surface area contributed by atoms with E-state index in [0.717, 1.165) is 12.1 Å². The number of aryl methyl sites for hydroxylation is 1. The molecule has 0 aliphatic carbocycles. The van der Waals surface area contributed by atoms with E-state index in [2.05, 4.69) is 5.32 Å². The van der Waals surface area contributed by atoms with Crippen LogP contribution >= 0.6 is 0 Å². The molecule has 1 heterocycles. The lowest BCUT2D eigenvalue weighted by Gasteiger charge is -2.17. The number of rotatable bonds is 5. The minimum absolute atomic E-state index is 0.114. The molecule has 0 aliphatic heterocycles. The van der Waals surface area contributed by atoms with E-state index in [1.807, 2.05) is 6.92 Å². The van der Waals surface area contributed by atoms with Crippen molar-refractivity contribution in [2.45, 2.75) is 6.92 Å². The Kier molecular flexibility index (Phi) is 5.12. The van der Waals surface area contributed by atoms with E-state index in [1.54, 1.807) is 31.4 Å². The zero-order valence-electron chi connectivity index (χ0n) is 14.9. The van der Waals surface area contributed by atoms with E-state index < -0.39 is 11.6 Å². The number of ether oxygens (including phenoxy) is 1. The summed E-state index contributed by atoms with van der Waals surface area (Å²) in [6.45, 7) is 2.51. The fraction of sp³-hybridized carbons (Fsp3) is 0.150. The van der Waals surface area contributed by atoms with Gasteiger partial charge in [-0.15, -0.1) is 0 Å². The first kappa shape index (κ1) is 18.4. The van der Waals surface area contributed by atoms with Crippen molar-refractivity contribution in [3.63, 3.8) is 0 Å². The Morgan fingerprint density at radius 2 is 1.81 bits per heavy atom. The molecule has 7 heteroatoms. The maximum atomic E-state index is 14.0. The fourth-order valence-corrected chi connectivity index (χ4v) is 2.70. The van der Waals surface area contributed by atoms with Crippen LogP contribution in [-0.2, 0) is 7.05 Å². The molecule has 3 N–H and O–H groups in total. The molecule has 1 aromatic heterocycles. The molecule has 0 saturated carbocycles. The number of nitrogens with two attached hydrogens (primary N) is 1. The third kappa shape index (κ3) is 3.92. The van der Waals surface area contributed by atoms with Gasteiger partial charge in [-0.05, 0) is 37.3 Å². The standard InChI is InChI=1S/C20H19F2N3O2/c1-3-24-17-10-20(26)25(2)11-15(17)14-9-13(23)5-7-18(14)27-19-6-4-12(21)8-16(19)22/h4-11,24H,3,23H2,1-2H3. The van der Waals surface area contributed by atoms with Gasteiger partial charge in [0.25, 0.3) is 5.56 Å². The molecule has 0 unspecified atom stereocenters. The number of aromatic nitrogens is 1. The average molecular weight is 371 g/mol. The van der Waals surface area contributed by atoms with Crippen molar-refractivity contribution in [3.8, 4) is 22.6 Å². The zero-order chi connectivity index (χ0) is 19.6. The Hall–Kier alpha value is -3.35. The summed E-state index contributed by atoms with van der Waals surface area (Å²) < 4.78 is 34.3. The highest BCUT2D eigenvalue weighted by atomic mass is 19.1. The molecule has 140 valence electrons. The summed E-state index contributed by atoms with van der Waals surface area (Å²) in [7, 11) is 1.63. The average Bonchev–Trinajstić information content (AvgIpc) is 2.62. The van der Waals surface area contributed by atoms with Crippen LogP contribution in [0.1, 0.15) is 6.92 Å². The molecule has 2 aromatic carbocycles. The lowest BCUT2D eigenvalue weighted by atomic mass is 10.0. The first-order valence-corrected chi connectivity index (χ1v) is 8.36. The van der Waals surface area contributed by atoms with Gasteiger partial charge in [-0.25, -0.2) is 8.78 Å². The Morgan fingerprint density at radius 3 is 2.52 bits per heavy atom. The van der Waals surface area contributed by atoms with Gasteiger partial charge in [-0.2, -0.15) is 0 Å². The van der Waals surface area contributed by atoms with Gasteiger partial charge in [0.2, 0.25) is 0 Å². The van der Waals surface area contributed by atoms with Gasteiger partial charge in [-0.1, -0.05) is 0 Å². The lowest BCUT2D eigenvalue weighted by Crippen LogP contribution is -2.17. The van der Waals surface area contributed by atoms with Crippen LogP contribution in [0.4, 0.5) is 20.2 Å². The molecule has 0 aliphatic rings. The van der Waals surface area contributed by atoms with Crippen LogP contribution in [0.3, 0.4) is 0 Å². The molecule has 0 atom stereocenters. The monoisotopic (exact) mass is 371 g/mol. The van der Waals surface area contributed by atoms with Crippen LogP contribution in [0.25, 0.3) is 11.1 Å². The van der Waals surface area contributed by atoms with Crippen LogP contribution in [0.2, 0.25) is 0 Å². The molecular formula is C20H19F2N3O2. The predicted octanol–water partition coefficient (Wildman–Crippen LogP) is 4.14. The van der Waals surface area contributed by atoms with E-state index in [4.69, 9.17) is 10.5 Å². The number of nitrogen functional groups attached to an aromatic ring is 1. The summed E-state index contributed by atoms with van der Waals surface area (Å²) in [6, 6.07) is 9.47. The first-order chi connectivity index (χ1) is 12.9. The van der Waals surface area contributed by atoms with Crippen LogP contribution in [0.5, 0.6) is 11.5 Å². The number of pyridine rings is 1. The maximum Gasteiger partial charge on any atom is 0.252 e. The number of hydrogen-bond donors (Lipinski definition) is 2. The number of anilines is 2. The molecular weight excluding hydrogens is 352 g/mol. The molecule has 0 fully saturated rings. The van der Waals surface area contributed by atoms with Crippen LogP contribution in [-0.4, -0.2) is 11.1 Å². The molecule has 5 nitrogen and oxygen atoms in total.